The number of thiocarbonyl (C=S) groups is 1. The average molecular weight is 280 g/mol. The number of hydrogen-bond donors (Lipinski definition) is 2. The molecule has 0 radical (unpaired) electrons. The standard InChI is InChI=1S/C14H20N2O2S/c1-3-4-5-10-18-12-8-6-11(7-9-12)13(17)16-14(19)15-2/h6-9H,3-5,10H2,1-2H3,(H2,15,16,17,19). The lowest BCUT2D eigenvalue weighted by Crippen LogP contribution is -2.37. The Balaban J connectivity index is 2.46. The van der Waals surface area contributed by atoms with Crippen LogP contribution in [-0.2, 0) is 0 Å². The van der Waals surface area contributed by atoms with Crippen LogP contribution in [0, 0.1) is 0 Å². The van der Waals surface area contributed by atoms with Crippen LogP contribution in [0.15, 0.2) is 24.3 Å². The normalized spacial score (nSPS) is 9.79. The van der Waals surface area contributed by atoms with Crippen LogP contribution in [0.4, 0.5) is 0 Å². The molecule has 0 spiro atoms. The van der Waals surface area contributed by atoms with Gasteiger partial charge in [0.15, 0.2) is 5.11 Å². The van der Waals surface area contributed by atoms with Gasteiger partial charge < -0.3 is 10.1 Å². The second-order valence-corrected chi connectivity index (χ2v) is 4.52. The van der Waals surface area contributed by atoms with Gasteiger partial charge in [0.05, 0.1) is 6.61 Å². The van der Waals surface area contributed by atoms with Crippen LogP contribution < -0.4 is 15.4 Å². The number of rotatable bonds is 6. The molecule has 2 N–H and O–H groups in total. The van der Waals surface area contributed by atoms with E-state index in [1.54, 1.807) is 31.3 Å². The number of carbonyl (C=O) groups excluding carboxylic acids is 1. The highest BCUT2D eigenvalue weighted by Crippen LogP contribution is 2.12. The third-order valence-corrected chi connectivity index (χ3v) is 2.89. The third-order valence-electron chi connectivity index (χ3n) is 2.59. The largest absolute Gasteiger partial charge is 0.494 e. The van der Waals surface area contributed by atoms with Crippen molar-refractivity contribution in [2.45, 2.75) is 26.2 Å². The second-order valence-electron chi connectivity index (χ2n) is 4.11. The van der Waals surface area contributed by atoms with Gasteiger partial charge in [-0.25, -0.2) is 0 Å². The molecule has 0 aliphatic heterocycles. The summed E-state index contributed by atoms with van der Waals surface area (Å²) in [7, 11) is 1.66. The Morgan fingerprint density at radius 3 is 2.53 bits per heavy atom. The molecule has 5 heteroatoms. The van der Waals surface area contributed by atoms with Crippen LogP contribution >= 0.6 is 12.2 Å². The van der Waals surface area contributed by atoms with E-state index in [0.717, 1.165) is 12.2 Å². The van der Waals surface area contributed by atoms with Gasteiger partial charge in [0.2, 0.25) is 0 Å². The molecule has 1 aromatic carbocycles. The first-order chi connectivity index (χ1) is 9.17. The van der Waals surface area contributed by atoms with Crippen LogP contribution in [-0.4, -0.2) is 24.7 Å². The molecule has 0 aliphatic rings. The van der Waals surface area contributed by atoms with Crippen LogP contribution in [0.3, 0.4) is 0 Å². The summed E-state index contributed by atoms with van der Waals surface area (Å²) in [5.74, 6) is 0.556. The second kappa shape index (κ2) is 8.48. The first-order valence-electron chi connectivity index (χ1n) is 6.43. The highest BCUT2D eigenvalue weighted by Gasteiger charge is 2.06. The minimum absolute atomic E-state index is 0.225. The Bertz CT molecular complexity index is 418. The summed E-state index contributed by atoms with van der Waals surface area (Å²) in [5.41, 5.74) is 0.554. The lowest BCUT2D eigenvalue weighted by atomic mass is 10.2. The van der Waals surface area contributed by atoms with E-state index in [-0.39, 0.29) is 5.91 Å². The number of carbonyl (C=O) groups is 1. The summed E-state index contributed by atoms with van der Waals surface area (Å²) in [6.07, 6.45) is 3.39. The van der Waals surface area contributed by atoms with E-state index >= 15 is 0 Å². The first-order valence-corrected chi connectivity index (χ1v) is 6.84. The summed E-state index contributed by atoms with van der Waals surface area (Å²) in [4.78, 5) is 11.7. The highest BCUT2D eigenvalue weighted by molar-refractivity contribution is 7.80. The zero-order chi connectivity index (χ0) is 14.1. The molecule has 0 saturated carbocycles. The van der Waals surface area contributed by atoms with E-state index in [4.69, 9.17) is 17.0 Å². The number of hydrogen-bond acceptors (Lipinski definition) is 3. The van der Waals surface area contributed by atoms with Gasteiger partial charge in [0.25, 0.3) is 5.91 Å². The molecular weight excluding hydrogens is 260 g/mol. The maximum Gasteiger partial charge on any atom is 0.257 e. The zero-order valence-corrected chi connectivity index (χ0v) is 12.2. The number of benzene rings is 1. The molecule has 0 atom stereocenters. The fourth-order valence-electron chi connectivity index (χ4n) is 1.48. The molecule has 1 aromatic rings. The number of ether oxygens (including phenoxy) is 1. The van der Waals surface area contributed by atoms with E-state index < -0.39 is 0 Å². The maximum absolute atomic E-state index is 11.7. The number of nitrogens with one attached hydrogen (secondary N) is 2. The molecule has 0 saturated heterocycles. The van der Waals surface area contributed by atoms with Gasteiger partial charge in [-0.2, -0.15) is 0 Å². The van der Waals surface area contributed by atoms with E-state index in [2.05, 4.69) is 17.6 Å². The van der Waals surface area contributed by atoms with Crippen molar-refractivity contribution in [3.8, 4) is 5.75 Å². The van der Waals surface area contributed by atoms with Crippen molar-refractivity contribution in [2.24, 2.45) is 0 Å². The summed E-state index contributed by atoms with van der Waals surface area (Å²) < 4.78 is 5.58. The number of amides is 1. The summed E-state index contributed by atoms with van der Waals surface area (Å²) in [6, 6.07) is 7.04. The quantitative estimate of drug-likeness (QED) is 0.621. The molecule has 0 unspecified atom stereocenters. The van der Waals surface area contributed by atoms with Crippen molar-refractivity contribution < 1.29 is 9.53 Å². The lowest BCUT2D eigenvalue weighted by Gasteiger charge is -2.08. The first kappa shape index (κ1) is 15.4. The van der Waals surface area contributed by atoms with Gasteiger partial charge in [0.1, 0.15) is 5.75 Å². The fraction of sp³-hybridized carbons (Fsp3) is 0.429. The Kier molecular flexibility index (Phi) is 6.89. The van der Waals surface area contributed by atoms with Crippen LogP contribution in [0.2, 0.25) is 0 Å². The predicted octanol–water partition coefficient (Wildman–Crippen LogP) is 2.49. The fourth-order valence-corrected chi connectivity index (χ4v) is 1.58. The van der Waals surface area contributed by atoms with E-state index in [1.165, 1.54) is 12.8 Å². The van der Waals surface area contributed by atoms with Crippen LogP contribution in [0.5, 0.6) is 5.75 Å². The monoisotopic (exact) mass is 280 g/mol. The molecule has 0 aromatic heterocycles. The zero-order valence-electron chi connectivity index (χ0n) is 11.4. The number of unbranched alkanes of at least 4 members (excludes halogenated alkanes) is 2. The van der Waals surface area contributed by atoms with Gasteiger partial charge in [-0.1, -0.05) is 19.8 Å². The smallest absolute Gasteiger partial charge is 0.257 e. The molecule has 0 heterocycles. The SMILES string of the molecule is CCCCCOc1ccc(C(=O)NC(=S)NC)cc1. The van der Waals surface area contributed by atoms with Gasteiger partial charge >= 0.3 is 0 Å². The van der Waals surface area contributed by atoms with Gasteiger partial charge in [-0.3, -0.25) is 10.1 Å². The van der Waals surface area contributed by atoms with E-state index in [9.17, 15) is 4.79 Å². The molecule has 4 nitrogen and oxygen atoms in total. The summed E-state index contributed by atoms with van der Waals surface area (Å²) in [6.45, 7) is 2.87. The van der Waals surface area contributed by atoms with Gasteiger partial charge in [-0.15, -0.1) is 0 Å². The van der Waals surface area contributed by atoms with Crippen molar-refractivity contribution in [2.75, 3.05) is 13.7 Å². The Morgan fingerprint density at radius 2 is 1.95 bits per heavy atom. The van der Waals surface area contributed by atoms with Crippen molar-refractivity contribution in [1.82, 2.24) is 10.6 Å². The Morgan fingerprint density at radius 1 is 1.26 bits per heavy atom. The van der Waals surface area contributed by atoms with Gasteiger partial charge in [0, 0.05) is 12.6 Å². The third kappa shape index (κ3) is 5.70. The molecule has 19 heavy (non-hydrogen) atoms. The van der Waals surface area contributed by atoms with Crippen LogP contribution in [0.25, 0.3) is 0 Å². The van der Waals surface area contributed by atoms with Crippen LogP contribution in [0.1, 0.15) is 36.5 Å². The summed E-state index contributed by atoms with van der Waals surface area (Å²) in [5, 5.41) is 5.57. The molecule has 1 rings (SSSR count). The lowest BCUT2D eigenvalue weighted by molar-refractivity contribution is 0.0977. The van der Waals surface area contributed by atoms with E-state index in [0.29, 0.717) is 17.3 Å². The van der Waals surface area contributed by atoms with E-state index in [1.807, 2.05) is 0 Å². The molecule has 104 valence electrons. The average Bonchev–Trinajstić information content (AvgIpc) is 2.44. The minimum Gasteiger partial charge on any atom is -0.494 e. The minimum atomic E-state index is -0.225. The Labute approximate surface area is 119 Å². The van der Waals surface area contributed by atoms with Gasteiger partial charge in [-0.05, 0) is 42.9 Å². The van der Waals surface area contributed by atoms with Crippen molar-refractivity contribution in [1.29, 1.82) is 0 Å². The highest BCUT2D eigenvalue weighted by atomic mass is 32.1. The maximum atomic E-state index is 11.7. The molecular formula is C14H20N2O2S. The van der Waals surface area contributed by atoms with Crippen molar-refractivity contribution in [3.05, 3.63) is 29.8 Å². The molecule has 0 aliphatic carbocycles. The van der Waals surface area contributed by atoms with Crippen molar-refractivity contribution in [3.63, 3.8) is 0 Å². The molecule has 1 amide bonds. The topological polar surface area (TPSA) is 50.4 Å². The molecule has 0 fully saturated rings. The predicted molar refractivity (Wildman–Crippen MR) is 80.6 cm³/mol. The van der Waals surface area contributed by atoms with Crippen molar-refractivity contribution >= 4 is 23.2 Å². The molecule has 0 bridgehead atoms. The Hall–Kier alpha value is -1.62. The summed E-state index contributed by atoms with van der Waals surface area (Å²) >= 11 is 4.87.